The molecule has 1 aliphatic carbocycles. The molecule has 1 aromatic carbocycles. The number of nitriles is 1. The van der Waals surface area contributed by atoms with Gasteiger partial charge in [-0.3, -0.25) is 14.9 Å². The SMILES string of the molecule is CC1(C)CCC(C#N)(Cc2ccc([N+](=O)[O-])cc2Cl)C1=O. The average Bonchev–Trinajstić information content (AvgIpc) is 2.65. The zero-order valence-corrected chi connectivity index (χ0v) is 12.6. The summed E-state index contributed by atoms with van der Waals surface area (Å²) in [5.74, 6) is -0.0769. The highest BCUT2D eigenvalue weighted by molar-refractivity contribution is 6.31. The number of rotatable bonds is 3. The van der Waals surface area contributed by atoms with Gasteiger partial charge in [0.2, 0.25) is 0 Å². The van der Waals surface area contributed by atoms with Gasteiger partial charge in [0.1, 0.15) is 5.41 Å². The maximum absolute atomic E-state index is 12.5. The fraction of sp³-hybridized carbons (Fsp3) is 0.467. The first-order valence-electron chi connectivity index (χ1n) is 6.61. The van der Waals surface area contributed by atoms with Gasteiger partial charge in [-0.1, -0.05) is 31.5 Å². The van der Waals surface area contributed by atoms with Gasteiger partial charge in [-0.05, 0) is 24.8 Å². The third kappa shape index (κ3) is 2.64. The normalized spacial score (nSPS) is 23.8. The van der Waals surface area contributed by atoms with Crippen molar-refractivity contribution in [2.24, 2.45) is 10.8 Å². The fourth-order valence-corrected chi connectivity index (χ4v) is 3.08. The van der Waals surface area contributed by atoms with E-state index in [2.05, 4.69) is 6.07 Å². The van der Waals surface area contributed by atoms with E-state index in [0.717, 1.165) is 0 Å². The second-order valence-corrected chi connectivity index (χ2v) is 6.52. The van der Waals surface area contributed by atoms with Crippen molar-refractivity contribution in [1.82, 2.24) is 0 Å². The molecule has 6 heteroatoms. The van der Waals surface area contributed by atoms with Crippen LogP contribution in [0, 0.1) is 32.3 Å². The van der Waals surface area contributed by atoms with Crippen LogP contribution in [0.5, 0.6) is 0 Å². The van der Waals surface area contributed by atoms with Crippen molar-refractivity contribution >= 4 is 23.1 Å². The number of hydrogen-bond donors (Lipinski definition) is 0. The quantitative estimate of drug-likeness (QED) is 0.629. The lowest BCUT2D eigenvalue weighted by Gasteiger charge is -2.22. The van der Waals surface area contributed by atoms with Crippen molar-refractivity contribution in [2.45, 2.75) is 33.1 Å². The van der Waals surface area contributed by atoms with E-state index in [4.69, 9.17) is 11.6 Å². The lowest BCUT2D eigenvalue weighted by molar-refractivity contribution is -0.384. The average molecular weight is 307 g/mol. The van der Waals surface area contributed by atoms with Gasteiger partial charge < -0.3 is 0 Å². The molecule has 0 bridgehead atoms. The van der Waals surface area contributed by atoms with Crippen molar-refractivity contribution < 1.29 is 9.72 Å². The number of carbonyl (C=O) groups excluding carboxylic acids is 1. The fourth-order valence-electron chi connectivity index (χ4n) is 2.83. The molecule has 1 unspecified atom stereocenters. The van der Waals surface area contributed by atoms with E-state index >= 15 is 0 Å². The molecule has 0 spiro atoms. The van der Waals surface area contributed by atoms with E-state index in [1.807, 2.05) is 13.8 Å². The standard InChI is InChI=1S/C15H15ClN2O3/c1-14(2)5-6-15(9-17,13(14)19)8-10-3-4-11(18(20)21)7-12(10)16/h3-4,7H,5-6,8H2,1-2H3. The summed E-state index contributed by atoms with van der Waals surface area (Å²) in [6.07, 6.45) is 1.34. The first-order chi connectivity index (χ1) is 9.72. The molecule has 21 heavy (non-hydrogen) atoms. The van der Waals surface area contributed by atoms with Gasteiger partial charge >= 0.3 is 0 Å². The van der Waals surface area contributed by atoms with Crippen LogP contribution in [0.1, 0.15) is 32.3 Å². The molecule has 0 amide bonds. The Labute approximate surface area is 127 Å². The summed E-state index contributed by atoms with van der Waals surface area (Å²) < 4.78 is 0. The van der Waals surface area contributed by atoms with Crippen LogP contribution in [0.15, 0.2) is 18.2 Å². The van der Waals surface area contributed by atoms with Gasteiger partial charge in [0.05, 0.1) is 16.0 Å². The Morgan fingerprint density at radius 1 is 1.43 bits per heavy atom. The van der Waals surface area contributed by atoms with Gasteiger partial charge in [0.25, 0.3) is 5.69 Å². The van der Waals surface area contributed by atoms with Crippen LogP contribution in [0.2, 0.25) is 5.02 Å². The van der Waals surface area contributed by atoms with Crippen molar-refractivity contribution in [3.63, 3.8) is 0 Å². The number of nitro benzene ring substituents is 1. The van der Waals surface area contributed by atoms with Gasteiger partial charge in [0.15, 0.2) is 5.78 Å². The first-order valence-corrected chi connectivity index (χ1v) is 6.99. The monoisotopic (exact) mass is 306 g/mol. The van der Waals surface area contributed by atoms with Crippen molar-refractivity contribution in [1.29, 1.82) is 5.26 Å². The molecule has 5 nitrogen and oxygen atoms in total. The lowest BCUT2D eigenvalue weighted by Crippen LogP contribution is -2.33. The third-order valence-electron chi connectivity index (χ3n) is 4.18. The topological polar surface area (TPSA) is 84.0 Å². The van der Waals surface area contributed by atoms with Gasteiger partial charge in [-0.15, -0.1) is 0 Å². The number of Topliss-reactive ketones (excluding diaryl/α,β-unsaturated/α-hetero) is 1. The summed E-state index contributed by atoms with van der Waals surface area (Å²) in [4.78, 5) is 22.7. The predicted molar refractivity (Wildman–Crippen MR) is 77.9 cm³/mol. The minimum absolute atomic E-state index is 0.0769. The highest BCUT2D eigenvalue weighted by atomic mass is 35.5. The van der Waals surface area contributed by atoms with Crippen LogP contribution in [-0.2, 0) is 11.2 Å². The van der Waals surface area contributed by atoms with Crippen LogP contribution in [-0.4, -0.2) is 10.7 Å². The second-order valence-electron chi connectivity index (χ2n) is 6.12. The van der Waals surface area contributed by atoms with Gasteiger partial charge in [-0.2, -0.15) is 5.26 Å². The van der Waals surface area contributed by atoms with Crippen LogP contribution < -0.4 is 0 Å². The number of hydrogen-bond acceptors (Lipinski definition) is 4. The smallest absolute Gasteiger partial charge is 0.270 e. The molecule has 2 rings (SSSR count). The van der Waals surface area contributed by atoms with Crippen LogP contribution in [0.4, 0.5) is 5.69 Å². The third-order valence-corrected chi connectivity index (χ3v) is 4.53. The van der Waals surface area contributed by atoms with Crippen molar-refractivity contribution in [3.05, 3.63) is 38.9 Å². The molecular formula is C15H15ClN2O3. The summed E-state index contributed by atoms with van der Waals surface area (Å²) in [5.41, 5.74) is -1.10. The van der Waals surface area contributed by atoms with Crippen molar-refractivity contribution in [3.8, 4) is 6.07 Å². The summed E-state index contributed by atoms with van der Waals surface area (Å²) in [7, 11) is 0. The molecule has 110 valence electrons. The van der Waals surface area contributed by atoms with Crippen LogP contribution in [0.3, 0.4) is 0 Å². The number of non-ortho nitro benzene ring substituents is 1. The minimum atomic E-state index is -1.08. The van der Waals surface area contributed by atoms with Crippen LogP contribution >= 0.6 is 11.6 Å². The Bertz CT molecular complexity index is 663. The maximum atomic E-state index is 12.5. The molecule has 1 fully saturated rings. The summed E-state index contributed by atoms with van der Waals surface area (Å²) in [6, 6.07) is 6.28. The molecule has 0 heterocycles. The van der Waals surface area contributed by atoms with Crippen molar-refractivity contribution in [2.75, 3.05) is 0 Å². The maximum Gasteiger partial charge on any atom is 0.270 e. The predicted octanol–water partition coefficient (Wildman–Crippen LogP) is 3.69. The van der Waals surface area contributed by atoms with Gasteiger partial charge in [-0.25, -0.2) is 0 Å². The van der Waals surface area contributed by atoms with Gasteiger partial charge in [0, 0.05) is 17.5 Å². The number of nitro groups is 1. The number of carbonyl (C=O) groups is 1. The molecule has 1 aliphatic rings. The molecule has 0 saturated heterocycles. The highest BCUT2D eigenvalue weighted by Gasteiger charge is 2.52. The Kier molecular flexibility index (Phi) is 3.77. The number of benzene rings is 1. The van der Waals surface area contributed by atoms with E-state index in [1.165, 1.54) is 18.2 Å². The number of nitrogens with zero attached hydrogens (tertiary/aromatic N) is 2. The molecular weight excluding hydrogens is 292 g/mol. The zero-order valence-electron chi connectivity index (χ0n) is 11.9. The number of ketones is 1. The highest BCUT2D eigenvalue weighted by Crippen LogP contribution is 2.47. The lowest BCUT2D eigenvalue weighted by atomic mass is 9.77. The zero-order chi connectivity index (χ0) is 15.8. The second kappa shape index (κ2) is 5.12. The van der Waals surface area contributed by atoms with E-state index in [1.54, 1.807) is 0 Å². The molecule has 1 saturated carbocycles. The Balaban J connectivity index is 2.35. The molecule has 0 N–H and O–H groups in total. The molecule has 1 aromatic rings. The summed E-state index contributed by atoms with van der Waals surface area (Å²) >= 11 is 6.06. The Morgan fingerprint density at radius 3 is 2.52 bits per heavy atom. The van der Waals surface area contributed by atoms with E-state index in [0.29, 0.717) is 18.4 Å². The largest absolute Gasteiger partial charge is 0.297 e. The van der Waals surface area contributed by atoms with E-state index in [-0.39, 0.29) is 22.9 Å². The Hall–Kier alpha value is -1.93. The molecule has 0 radical (unpaired) electrons. The molecule has 0 aromatic heterocycles. The molecule has 0 aliphatic heterocycles. The first kappa shape index (κ1) is 15.5. The summed E-state index contributed by atoms with van der Waals surface area (Å²) in [6.45, 7) is 3.68. The minimum Gasteiger partial charge on any atom is -0.297 e. The summed E-state index contributed by atoms with van der Waals surface area (Å²) in [5, 5.41) is 20.4. The molecule has 1 atom stereocenters. The van der Waals surface area contributed by atoms with Crippen LogP contribution in [0.25, 0.3) is 0 Å². The number of halogens is 1. The van der Waals surface area contributed by atoms with E-state index in [9.17, 15) is 20.2 Å². The van der Waals surface area contributed by atoms with E-state index < -0.39 is 15.8 Å². The Morgan fingerprint density at radius 2 is 2.10 bits per heavy atom.